The Bertz CT molecular complexity index is 1100. The Morgan fingerprint density at radius 1 is 0.590 bits per heavy atom. The van der Waals surface area contributed by atoms with Crippen molar-refractivity contribution < 1.29 is 14.3 Å². The molecule has 4 unspecified atom stereocenters. The van der Waals surface area contributed by atoms with Crippen LogP contribution in [-0.4, -0.2) is 23.8 Å². The molecular weight excluding hydrogens is 480 g/mol. The molecule has 0 spiro atoms. The summed E-state index contributed by atoms with van der Waals surface area (Å²) in [6.07, 6.45) is 0.185. The SMILES string of the molecule is Cc1ccc(C)c(C(=O)C(OC(C(=O)c2c(C)ccc(C)c2C)C(C)CC(C)(C)C)C(C)CC(C)(C)C)c1C. The zero-order valence-electron chi connectivity index (χ0n) is 27.3. The topological polar surface area (TPSA) is 43.4 Å². The zero-order chi connectivity index (χ0) is 30.0. The summed E-state index contributed by atoms with van der Waals surface area (Å²) in [7, 11) is 0. The van der Waals surface area contributed by atoms with E-state index in [2.05, 4.69) is 67.5 Å². The number of hydrogen-bond acceptors (Lipinski definition) is 3. The van der Waals surface area contributed by atoms with Gasteiger partial charge in [-0.05, 0) is 110 Å². The van der Waals surface area contributed by atoms with Crippen LogP contribution in [0.5, 0.6) is 0 Å². The number of carbonyl (C=O) groups excluding carboxylic acids is 2. The summed E-state index contributed by atoms with van der Waals surface area (Å²) in [4.78, 5) is 28.8. The molecule has 0 aliphatic heterocycles. The van der Waals surface area contributed by atoms with E-state index in [1.54, 1.807) is 0 Å². The van der Waals surface area contributed by atoms with Crippen LogP contribution < -0.4 is 0 Å². The highest BCUT2D eigenvalue weighted by Gasteiger charge is 2.39. The molecule has 3 heteroatoms. The molecular formula is C36H54O3. The molecule has 0 aliphatic rings. The maximum Gasteiger partial charge on any atom is 0.192 e. The highest BCUT2D eigenvalue weighted by Crippen LogP contribution is 2.35. The Hall–Kier alpha value is -2.26. The molecule has 0 heterocycles. The van der Waals surface area contributed by atoms with Crippen LogP contribution in [0.1, 0.15) is 122 Å². The number of Topliss-reactive ketones (excluding diaryl/α,β-unsaturated/α-hetero) is 2. The first-order valence-electron chi connectivity index (χ1n) is 14.6. The predicted molar refractivity (Wildman–Crippen MR) is 165 cm³/mol. The summed E-state index contributed by atoms with van der Waals surface area (Å²) in [5.74, 6) is -0.143. The molecule has 0 aliphatic carbocycles. The first kappa shape index (κ1) is 32.9. The first-order chi connectivity index (χ1) is 17.7. The molecule has 0 saturated carbocycles. The maximum atomic E-state index is 14.4. The molecule has 0 amide bonds. The van der Waals surface area contributed by atoms with Crippen molar-refractivity contribution in [3.63, 3.8) is 0 Å². The first-order valence-corrected chi connectivity index (χ1v) is 14.6. The van der Waals surface area contributed by atoms with Gasteiger partial charge in [0.1, 0.15) is 12.2 Å². The number of benzene rings is 2. The molecule has 2 rings (SSSR count). The summed E-state index contributed by atoms with van der Waals surface area (Å²) in [6.45, 7) is 29.5. The Morgan fingerprint density at radius 3 is 1.15 bits per heavy atom. The number of carbonyl (C=O) groups is 2. The molecule has 39 heavy (non-hydrogen) atoms. The molecule has 4 atom stereocenters. The quantitative estimate of drug-likeness (QED) is 0.285. The normalized spacial score (nSPS) is 15.5. The summed E-state index contributed by atoms with van der Waals surface area (Å²) in [6, 6.07) is 8.17. The zero-order valence-corrected chi connectivity index (χ0v) is 27.3. The molecule has 3 nitrogen and oxygen atoms in total. The van der Waals surface area contributed by atoms with Crippen molar-refractivity contribution >= 4 is 11.6 Å². The summed E-state index contributed by atoms with van der Waals surface area (Å²) in [5.41, 5.74) is 7.57. The predicted octanol–water partition coefficient (Wildman–Crippen LogP) is 9.50. The van der Waals surface area contributed by atoms with E-state index in [-0.39, 0.29) is 34.2 Å². The molecule has 0 saturated heterocycles. The number of aryl methyl sites for hydroxylation is 4. The van der Waals surface area contributed by atoms with Crippen LogP contribution in [0, 0.1) is 64.2 Å². The van der Waals surface area contributed by atoms with Crippen molar-refractivity contribution in [3.05, 3.63) is 68.8 Å². The van der Waals surface area contributed by atoms with Gasteiger partial charge in [-0.1, -0.05) is 79.7 Å². The molecule has 0 aromatic heterocycles. The molecule has 0 bridgehead atoms. The Morgan fingerprint density at radius 2 is 0.872 bits per heavy atom. The third-order valence-electron chi connectivity index (χ3n) is 8.09. The average Bonchev–Trinajstić information content (AvgIpc) is 2.77. The van der Waals surface area contributed by atoms with Gasteiger partial charge in [-0.25, -0.2) is 0 Å². The highest BCUT2D eigenvalue weighted by molar-refractivity contribution is 6.04. The van der Waals surface area contributed by atoms with Gasteiger partial charge in [-0.15, -0.1) is 0 Å². The van der Waals surface area contributed by atoms with Crippen molar-refractivity contribution in [1.29, 1.82) is 0 Å². The van der Waals surface area contributed by atoms with Crippen molar-refractivity contribution in [2.45, 2.75) is 122 Å². The van der Waals surface area contributed by atoms with E-state index in [4.69, 9.17) is 4.74 Å². The van der Waals surface area contributed by atoms with Gasteiger partial charge in [0.25, 0.3) is 0 Å². The monoisotopic (exact) mass is 534 g/mol. The highest BCUT2D eigenvalue weighted by atomic mass is 16.5. The van der Waals surface area contributed by atoms with E-state index >= 15 is 0 Å². The number of hydrogen-bond donors (Lipinski definition) is 0. The van der Waals surface area contributed by atoms with Crippen LogP contribution in [0.4, 0.5) is 0 Å². The van der Waals surface area contributed by atoms with Crippen LogP contribution >= 0.6 is 0 Å². The van der Waals surface area contributed by atoms with Gasteiger partial charge in [-0.3, -0.25) is 9.59 Å². The van der Waals surface area contributed by atoms with Crippen molar-refractivity contribution in [3.8, 4) is 0 Å². The molecule has 0 N–H and O–H groups in total. The fourth-order valence-electron chi connectivity index (χ4n) is 6.16. The number of ketones is 2. The summed E-state index contributed by atoms with van der Waals surface area (Å²) < 4.78 is 6.90. The van der Waals surface area contributed by atoms with Gasteiger partial charge >= 0.3 is 0 Å². The fraction of sp³-hybridized carbons (Fsp3) is 0.611. The Balaban J connectivity index is 2.71. The molecule has 216 valence electrons. The minimum Gasteiger partial charge on any atom is -0.358 e. The molecule has 2 aromatic rings. The van der Waals surface area contributed by atoms with E-state index in [1.165, 1.54) is 0 Å². The minimum atomic E-state index is -0.717. The van der Waals surface area contributed by atoms with Gasteiger partial charge in [0.15, 0.2) is 11.6 Å². The standard InChI is InChI=1S/C36H54O3/c1-21-15-17-23(3)29(27(21)7)31(37)33(25(5)19-35(9,10)11)39-34(26(6)20-36(12,13)14)32(38)30-24(4)18-16-22(2)28(30)8/h15-18,25-26,33-34H,19-20H2,1-14H3. The average molecular weight is 535 g/mol. The van der Waals surface area contributed by atoms with E-state index in [0.29, 0.717) is 0 Å². The second kappa shape index (κ2) is 12.5. The van der Waals surface area contributed by atoms with E-state index in [9.17, 15) is 9.59 Å². The van der Waals surface area contributed by atoms with Crippen molar-refractivity contribution in [2.24, 2.45) is 22.7 Å². The van der Waals surface area contributed by atoms with E-state index in [1.807, 2.05) is 53.7 Å². The summed E-state index contributed by atoms with van der Waals surface area (Å²) >= 11 is 0. The number of ether oxygens (including phenoxy) is 1. The lowest BCUT2D eigenvalue weighted by Gasteiger charge is -2.36. The van der Waals surface area contributed by atoms with Crippen LogP contribution in [0.3, 0.4) is 0 Å². The lowest BCUT2D eigenvalue weighted by molar-refractivity contribution is -0.0442. The third-order valence-corrected chi connectivity index (χ3v) is 8.09. The van der Waals surface area contributed by atoms with Gasteiger partial charge < -0.3 is 4.74 Å². The second-order valence-electron chi connectivity index (χ2n) is 14.6. The lowest BCUT2D eigenvalue weighted by atomic mass is 9.78. The smallest absolute Gasteiger partial charge is 0.192 e. The largest absolute Gasteiger partial charge is 0.358 e. The summed E-state index contributed by atoms with van der Waals surface area (Å²) in [5, 5.41) is 0. The van der Waals surface area contributed by atoms with E-state index < -0.39 is 12.2 Å². The van der Waals surface area contributed by atoms with Crippen molar-refractivity contribution in [1.82, 2.24) is 0 Å². The van der Waals surface area contributed by atoms with Crippen molar-refractivity contribution in [2.75, 3.05) is 0 Å². The molecule has 2 aromatic carbocycles. The lowest BCUT2D eigenvalue weighted by Crippen LogP contribution is -2.43. The van der Waals surface area contributed by atoms with Crippen LogP contribution in [0.15, 0.2) is 24.3 Å². The van der Waals surface area contributed by atoms with Gasteiger partial charge in [0.05, 0.1) is 0 Å². The van der Waals surface area contributed by atoms with E-state index in [0.717, 1.165) is 57.3 Å². The van der Waals surface area contributed by atoms with Crippen LogP contribution in [-0.2, 0) is 4.74 Å². The Kier molecular flexibility index (Phi) is 10.6. The van der Waals surface area contributed by atoms with Gasteiger partial charge in [0.2, 0.25) is 0 Å². The van der Waals surface area contributed by atoms with Crippen LogP contribution in [0.2, 0.25) is 0 Å². The second-order valence-corrected chi connectivity index (χ2v) is 14.6. The third kappa shape index (κ3) is 8.37. The minimum absolute atomic E-state index is 0.0103. The fourth-order valence-corrected chi connectivity index (χ4v) is 6.16. The molecule has 0 fully saturated rings. The maximum absolute atomic E-state index is 14.4. The number of rotatable bonds is 10. The van der Waals surface area contributed by atoms with Gasteiger partial charge in [0, 0.05) is 11.1 Å². The van der Waals surface area contributed by atoms with Gasteiger partial charge in [-0.2, -0.15) is 0 Å². The molecule has 0 radical (unpaired) electrons. The van der Waals surface area contributed by atoms with Crippen LogP contribution in [0.25, 0.3) is 0 Å². The Labute approximate surface area is 239 Å².